The maximum Gasteiger partial charge on any atom is 0.0713 e. The molecule has 1 heteroatoms. The van der Waals surface area contributed by atoms with Crippen molar-refractivity contribution in [3.8, 4) is 22.3 Å². The Balaban J connectivity index is 0.888. The first-order valence-electron chi connectivity index (χ1n) is 24.7. The topological polar surface area (TPSA) is 3.24 Å². The number of rotatable bonds is 8. The molecule has 0 saturated carbocycles. The molecule has 334 valence electrons. The van der Waals surface area contributed by atoms with Crippen molar-refractivity contribution >= 4 is 51.1 Å². The van der Waals surface area contributed by atoms with Gasteiger partial charge < -0.3 is 4.90 Å². The summed E-state index contributed by atoms with van der Waals surface area (Å²) in [6.45, 7) is 9.67. The zero-order valence-electron chi connectivity index (χ0n) is 40.1. The molecule has 3 aliphatic rings. The fourth-order valence-corrected chi connectivity index (χ4v) is 12.6. The van der Waals surface area contributed by atoms with E-state index in [9.17, 15) is 0 Å². The third kappa shape index (κ3) is 6.31. The fraction of sp³-hybridized carbons (Fsp3) is 0.101. The van der Waals surface area contributed by atoms with E-state index in [1.54, 1.807) is 0 Å². The second-order valence-electron chi connectivity index (χ2n) is 20.5. The predicted molar refractivity (Wildman–Crippen MR) is 296 cm³/mol. The normalized spacial score (nSPS) is 15.4. The highest BCUT2D eigenvalue weighted by Crippen LogP contribution is 2.63. The Morgan fingerprint density at radius 1 is 0.314 bits per heavy atom. The molecule has 70 heavy (non-hydrogen) atoms. The largest absolute Gasteiger partial charge is 0.310 e. The fourth-order valence-electron chi connectivity index (χ4n) is 12.6. The minimum absolute atomic E-state index is 0.0532. The van der Waals surface area contributed by atoms with Gasteiger partial charge in [0.05, 0.1) is 5.41 Å². The van der Waals surface area contributed by atoms with E-state index in [0.29, 0.717) is 0 Å². The van der Waals surface area contributed by atoms with Crippen molar-refractivity contribution in [3.05, 3.63) is 292 Å². The van der Waals surface area contributed by atoms with Crippen molar-refractivity contribution in [2.24, 2.45) is 0 Å². The van der Waals surface area contributed by atoms with Crippen LogP contribution in [0.2, 0.25) is 0 Å². The van der Waals surface area contributed by atoms with Crippen molar-refractivity contribution < 1.29 is 0 Å². The zero-order valence-corrected chi connectivity index (χ0v) is 40.1. The summed E-state index contributed by atoms with van der Waals surface area (Å²) in [6, 6.07) is 87.9. The zero-order chi connectivity index (χ0) is 47.2. The van der Waals surface area contributed by atoms with Gasteiger partial charge >= 0.3 is 0 Å². The van der Waals surface area contributed by atoms with Crippen LogP contribution in [0, 0.1) is 0 Å². The van der Waals surface area contributed by atoms with Gasteiger partial charge in [-0.05, 0) is 154 Å². The van der Waals surface area contributed by atoms with E-state index < -0.39 is 5.41 Å². The number of para-hydroxylation sites is 1. The average molecular weight is 896 g/mol. The quantitative estimate of drug-likeness (QED) is 0.137. The molecule has 0 unspecified atom stereocenters. The van der Waals surface area contributed by atoms with Crippen LogP contribution in [-0.2, 0) is 16.2 Å². The molecule has 0 radical (unpaired) electrons. The van der Waals surface area contributed by atoms with Gasteiger partial charge in [0.15, 0.2) is 0 Å². The monoisotopic (exact) mass is 895 g/mol. The summed E-state index contributed by atoms with van der Waals surface area (Å²) in [4.78, 5) is 2.34. The SMILES string of the molecule is CC1(C)C2=C(c3ccccc31)C(C)(C)c1cc(-c3ccc4c(c3)C(c3ccccc3)(c3ccccc3)c3cc(/C=C/c5ccc(N(c6ccccc6)c6ccc7ccccc7c6)cc5)ccc3-4)ccc12. The number of allylic oxidation sites excluding steroid dienone is 2. The minimum atomic E-state index is -0.537. The smallest absolute Gasteiger partial charge is 0.0713 e. The van der Waals surface area contributed by atoms with Gasteiger partial charge in [0, 0.05) is 27.9 Å². The molecule has 0 spiro atoms. The van der Waals surface area contributed by atoms with Crippen LogP contribution in [0.4, 0.5) is 17.1 Å². The number of nitrogens with zero attached hydrogens (tertiary/aromatic N) is 1. The highest BCUT2D eigenvalue weighted by Gasteiger charge is 2.50. The summed E-state index contributed by atoms with van der Waals surface area (Å²) in [6.07, 6.45) is 4.53. The molecule has 0 bridgehead atoms. The Morgan fingerprint density at radius 3 is 1.47 bits per heavy atom. The first kappa shape index (κ1) is 41.9. The first-order chi connectivity index (χ1) is 34.2. The van der Waals surface area contributed by atoms with E-state index in [1.165, 1.54) is 94.2 Å². The van der Waals surface area contributed by atoms with Crippen LogP contribution in [0.1, 0.15) is 83.3 Å². The number of hydrogen-bond donors (Lipinski definition) is 0. The van der Waals surface area contributed by atoms with Crippen LogP contribution in [0.15, 0.2) is 237 Å². The summed E-state index contributed by atoms with van der Waals surface area (Å²) < 4.78 is 0. The summed E-state index contributed by atoms with van der Waals surface area (Å²) in [5, 5.41) is 2.46. The van der Waals surface area contributed by atoms with Gasteiger partial charge in [-0.1, -0.05) is 222 Å². The molecule has 0 aliphatic heterocycles. The Hall–Kier alpha value is -8.26. The Kier molecular flexibility index (Phi) is 9.52. The first-order valence-corrected chi connectivity index (χ1v) is 24.7. The van der Waals surface area contributed by atoms with Crippen LogP contribution in [-0.4, -0.2) is 0 Å². The lowest BCUT2D eigenvalue weighted by atomic mass is 9.67. The van der Waals surface area contributed by atoms with Crippen LogP contribution >= 0.6 is 0 Å². The van der Waals surface area contributed by atoms with Crippen molar-refractivity contribution in [2.75, 3.05) is 4.90 Å². The van der Waals surface area contributed by atoms with Crippen LogP contribution in [0.25, 0.3) is 56.3 Å². The van der Waals surface area contributed by atoms with Crippen molar-refractivity contribution in [2.45, 2.75) is 43.9 Å². The molecule has 0 aromatic heterocycles. The summed E-state index contributed by atoms with van der Waals surface area (Å²) in [7, 11) is 0. The standard InChI is InChI=1S/C69H53N/c1-67(2)61-27-17-16-26-59(61)65-66(67)60-41-35-50(44-62(60)68(65,3)4)51-34-40-58-57-39-32-47(42-63(57)69(64(58)45-51,52-20-8-5-9-21-52)53-22-10-6-11-23-53)29-28-46-30-36-55(37-31-46)70(54-24-12-7-13-25-54)56-38-33-48-18-14-15-19-49(48)43-56/h5-45H,1-4H3/b29-28+. The lowest BCUT2D eigenvalue weighted by Crippen LogP contribution is -2.28. The maximum absolute atomic E-state index is 2.51. The van der Waals surface area contributed by atoms with Crippen molar-refractivity contribution in [3.63, 3.8) is 0 Å². The molecule has 0 atom stereocenters. The molecular formula is C69H53N. The lowest BCUT2D eigenvalue weighted by molar-refractivity contribution is 0.694. The maximum atomic E-state index is 2.51. The number of hydrogen-bond acceptors (Lipinski definition) is 1. The van der Waals surface area contributed by atoms with E-state index in [2.05, 4.69) is 281 Å². The van der Waals surface area contributed by atoms with E-state index >= 15 is 0 Å². The Bertz CT molecular complexity index is 3700. The van der Waals surface area contributed by atoms with Gasteiger partial charge in [0.25, 0.3) is 0 Å². The molecule has 0 saturated heterocycles. The van der Waals surface area contributed by atoms with Gasteiger partial charge in [0.2, 0.25) is 0 Å². The molecule has 0 N–H and O–H groups in total. The molecule has 10 aromatic rings. The lowest BCUT2D eigenvalue weighted by Gasteiger charge is -2.34. The van der Waals surface area contributed by atoms with E-state index in [4.69, 9.17) is 0 Å². The summed E-state index contributed by atoms with van der Waals surface area (Å²) in [5.41, 5.74) is 23.8. The third-order valence-corrected chi connectivity index (χ3v) is 15.9. The van der Waals surface area contributed by atoms with E-state index in [-0.39, 0.29) is 10.8 Å². The van der Waals surface area contributed by atoms with Crippen LogP contribution in [0.5, 0.6) is 0 Å². The second kappa shape index (κ2) is 15.9. The van der Waals surface area contributed by atoms with Gasteiger partial charge in [-0.3, -0.25) is 0 Å². The number of anilines is 3. The van der Waals surface area contributed by atoms with E-state index in [0.717, 1.165) is 22.6 Å². The molecule has 0 amide bonds. The average Bonchev–Trinajstić information content (AvgIpc) is 3.94. The van der Waals surface area contributed by atoms with Crippen LogP contribution in [0.3, 0.4) is 0 Å². The molecule has 10 aromatic carbocycles. The van der Waals surface area contributed by atoms with Crippen molar-refractivity contribution in [1.82, 2.24) is 0 Å². The predicted octanol–water partition coefficient (Wildman–Crippen LogP) is 18.0. The van der Waals surface area contributed by atoms with Crippen molar-refractivity contribution in [1.29, 1.82) is 0 Å². The number of fused-ring (bicyclic) bond motifs is 8. The molecule has 1 nitrogen and oxygen atoms in total. The Labute approximate surface area is 412 Å². The summed E-state index contributed by atoms with van der Waals surface area (Å²) in [5.74, 6) is 0. The molecular weight excluding hydrogens is 843 g/mol. The van der Waals surface area contributed by atoms with E-state index in [1.807, 2.05) is 0 Å². The molecule has 0 heterocycles. The van der Waals surface area contributed by atoms with Crippen LogP contribution < -0.4 is 4.90 Å². The minimum Gasteiger partial charge on any atom is -0.310 e. The Morgan fingerprint density at radius 2 is 0.786 bits per heavy atom. The van der Waals surface area contributed by atoms with Gasteiger partial charge in [-0.2, -0.15) is 0 Å². The molecule has 3 aliphatic carbocycles. The molecule has 13 rings (SSSR count). The highest BCUT2D eigenvalue weighted by molar-refractivity contribution is 6.09. The third-order valence-electron chi connectivity index (χ3n) is 15.9. The van der Waals surface area contributed by atoms with Gasteiger partial charge in [-0.25, -0.2) is 0 Å². The highest BCUT2D eigenvalue weighted by atomic mass is 15.1. The second-order valence-corrected chi connectivity index (χ2v) is 20.5. The van der Waals surface area contributed by atoms with Gasteiger partial charge in [-0.15, -0.1) is 0 Å². The summed E-state index contributed by atoms with van der Waals surface area (Å²) >= 11 is 0. The van der Waals surface area contributed by atoms with Gasteiger partial charge in [0.1, 0.15) is 0 Å². The number of benzene rings is 10. The molecule has 0 fully saturated rings.